The minimum absolute atomic E-state index is 0.0682. The van der Waals surface area contributed by atoms with Crippen LogP contribution in [0.15, 0.2) is 23.4 Å². The van der Waals surface area contributed by atoms with Gasteiger partial charge in [0.25, 0.3) is 10.0 Å². The van der Waals surface area contributed by atoms with E-state index in [2.05, 4.69) is 29.8 Å². The highest BCUT2D eigenvalue weighted by Crippen LogP contribution is 2.22. The Labute approximate surface area is 114 Å². The van der Waals surface area contributed by atoms with Crippen molar-refractivity contribution in [3.63, 3.8) is 0 Å². The van der Waals surface area contributed by atoms with Gasteiger partial charge in [0.1, 0.15) is 4.90 Å². The molecule has 0 saturated heterocycles. The zero-order chi connectivity index (χ0) is 13.7. The molecule has 2 heterocycles. The molecule has 0 atom stereocenters. The van der Waals surface area contributed by atoms with Gasteiger partial charge in [-0.2, -0.15) is 0 Å². The lowest BCUT2D eigenvalue weighted by molar-refractivity contribution is 0.601. The van der Waals surface area contributed by atoms with Crippen molar-refractivity contribution >= 4 is 32.4 Å². The molecule has 2 aromatic rings. The monoisotopic (exact) mass is 300 g/mol. The Morgan fingerprint density at radius 2 is 2.26 bits per heavy atom. The number of anilines is 2. The molecule has 0 aliphatic rings. The fourth-order valence-corrected chi connectivity index (χ4v) is 3.05. The van der Waals surface area contributed by atoms with Crippen LogP contribution in [-0.2, 0) is 10.0 Å². The average molecular weight is 300 g/mol. The van der Waals surface area contributed by atoms with E-state index in [1.165, 1.54) is 12.4 Å². The van der Waals surface area contributed by atoms with E-state index in [1.54, 1.807) is 6.07 Å². The quantitative estimate of drug-likeness (QED) is 0.817. The lowest BCUT2D eigenvalue weighted by atomic mass is 10.4. The summed E-state index contributed by atoms with van der Waals surface area (Å²) in [5.74, 6) is 0. The molecule has 0 unspecified atom stereocenters. The summed E-state index contributed by atoms with van der Waals surface area (Å²) in [5.41, 5.74) is 0.502. The summed E-state index contributed by atoms with van der Waals surface area (Å²) in [6.07, 6.45) is 3.70. The van der Waals surface area contributed by atoms with Gasteiger partial charge in [-0.05, 0) is 17.7 Å². The first-order chi connectivity index (χ1) is 9.13. The Morgan fingerprint density at radius 1 is 1.42 bits per heavy atom. The summed E-state index contributed by atoms with van der Waals surface area (Å²) in [4.78, 5) is 3.91. The highest BCUT2D eigenvalue weighted by atomic mass is 32.2. The Hall–Kier alpha value is -1.81. The van der Waals surface area contributed by atoms with Gasteiger partial charge in [0.05, 0.1) is 5.69 Å². The zero-order valence-electron chi connectivity index (χ0n) is 10.1. The molecule has 0 amide bonds. The normalized spacial score (nSPS) is 11.2. The molecule has 0 aliphatic heterocycles. The summed E-state index contributed by atoms with van der Waals surface area (Å²) in [7, 11) is -3.75. The molecule has 0 saturated carbocycles. The maximum Gasteiger partial charge on any atom is 0.267 e. The summed E-state index contributed by atoms with van der Waals surface area (Å²) in [5, 5.41) is 10.0. The predicted molar refractivity (Wildman–Crippen MR) is 71.5 cm³/mol. The van der Waals surface area contributed by atoms with Crippen LogP contribution >= 0.6 is 11.5 Å². The molecule has 0 fully saturated rings. The number of hydrogen-bond donors (Lipinski definition) is 2. The third-order valence-corrected chi connectivity index (χ3v) is 4.17. The Kier molecular flexibility index (Phi) is 4.22. The molecule has 2 N–H and O–H groups in total. The topological polar surface area (TPSA) is 110 Å². The third kappa shape index (κ3) is 3.35. The second-order valence-electron chi connectivity index (χ2n) is 3.57. The van der Waals surface area contributed by atoms with Gasteiger partial charge in [0, 0.05) is 30.5 Å². The van der Waals surface area contributed by atoms with E-state index in [4.69, 9.17) is 0 Å². The molecule has 0 radical (unpaired) electrons. The maximum absolute atomic E-state index is 12.2. The summed E-state index contributed by atoms with van der Waals surface area (Å²) < 4.78 is 30.2. The number of nitrogens with zero attached hydrogens (tertiary/aromatic N) is 4. The largest absolute Gasteiger partial charge is 0.384 e. The SMILES string of the molecule is CCCNc1ccncc1S(=O)(=O)Nc1nnns1. The molecule has 0 bridgehead atoms. The number of hydrogen-bond acceptors (Lipinski definition) is 8. The lowest BCUT2D eigenvalue weighted by Gasteiger charge is -2.11. The van der Waals surface area contributed by atoms with Crippen molar-refractivity contribution in [1.82, 2.24) is 19.8 Å². The van der Waals surface area contributed by atoms with E-state index < -0.39 is 10.0 Å². The minimum atomic E-state index is -3.75. The van der Waals surface area contributed by atoms with Crippen LogP contribution in [0.4, 0.5) is 10.8 Å². The zero-order valence-corrected chi connectivity index (χ0v) is 11.7. The fourth-order valence-electron chi connectivity index (χ4n) is 1.34. The number of rotatable bonds is 6. The molecule has 8 nitrogen and oxygen atoms in total. The van der Waals surface area contributed by atoms with Crippen molar-refractivity contribution in [3.05, 3.63) is 18.5 Å². The van der Waals surface area contributed by atoms with E-state index >= 15 is 0 Å². The Balaban J connectivity index is 2.29. The van der Waals surface area contributed by atoms with Gasteiger partial charge in [-0.25, -0.2) is 8.42 Å². The molecule has 0 aromatic carbocycles. The lowest BCUT2D eigenvalue weighted by Crippen LogP contribution is -2.16. The van der Waals surface area contributed by atoms with Crippen LogP contribution < -0.4 is 10.0 Å². The Morgan fingerprint density at radius 3 is 2.95 bits per heavy atom. The summed E-state index contributed by atoms with van der Waals surface area (Å²) in [6.45, 7) is 2.67. The van der Waals surface area contributed by atoms with E-state index in [9.17, 15) is 8.42 Å². The van der Waals surface area contributed by atoms with E-state index in [0.717, 1.165) is 18.0 Å². The van der Waals surface area contributed by atoms with Crippen molar-refractivity contribution in [2.45, 2.75) is 18.2 Å². The highest BCUT2D eigenvalue weighted by Gasteiger charge is 2.20. The second kappa shape index (κ2) is 5.89. The first-order valence-electron chi connectivity index (χ1n) is 5.49. The van der Waals surface area contributed by atoms with E-state index in [1.807, 2.05) is 6.92 Å². The maximum atomic E-state index is 12.2. The van der Waals surface area contributed by atoms with Crippen molar-refractivity contribution in [1.29, 1.82) is 0 Å². The first-order valence-corrected chi connectivity index (χ1v) is 7.75. The highest BCUT2D eigenvalue weighted by molar-refractivity contribution is 7.93. The molecule has 2 rings (SSSR count). The molecule has 10 heteroatoms. The van der Waals surface area contributed by atoms with Crippen LogP contribution in [0.1, 0.15) is 13.3 Å². The van der Waals surface area contributed by atoms with Gasteiger partial charge >= 0.3 is 0 Å². The van der Waals surface area contributed by atoms with Crippen LogP contribution in [0.3, 0.4) is 0 Å². The number of pyridine rings is 1. The van der Waals surface area contributed by atoms with Crippen LogP contribution in [0.5, 0.6) is 0 Å². The van der Waals surface area contributed by atoms with Crippen LogP contribution in [0.25, 0.3) is 0 Å². The number of aromatic nitrogens is 4. The molecular weight excluding hydrogens is 288 g/mol. The molecule has 102 valence electrons. The fraction of sp³-hybridized carbons (Fsp3) is 0.333. The summed E-state index contributed by atoms with van der Waals surface area (Å²) >= 11 is 0.865. The smallest absolute Gasteiger partial charge is 0.267 e. The number of nitrogens with one attached hydrogen (secondary N) is 2. The van der Waals surface area contributed by atoms with Gasteiger partial charge in [-0.1, -0.05) is 16.5 Å². The van der Waals surface area contributed by atoms with Gasteiger partial charge < -0.3 is 5.32 Å². The molecule has 19 heavy (non-hydrogen) atoms. The second-order valence-corrected chi connectivity index (χ2v) is 5.96. The average Bonchev–Trinajstić information content (AvgIpc) is 2.88. The molecule has 2 aromatic heterocycles. The van der Waals surface area contributed by atoms with Gasteiger partial charge in [0.15, 0.2) is 0 Å². The minimum Gasteiger partial charge on any atom is -0.384 e. The Bertz CT molecular complexity index is 628. The summed E-state index contributed by atoms with van der Waals surface area (Å²) in [6, 6.07) is 1.61. The standard InChI is InChI=1S/C9H12N6O2S2/c1-2-4-11-7-3-5-10-6-8(7)19(16,17)13-9-12-14-15-18-9/h3,5-6H,2,4H2,1H3,(H,10,11)(H,12,13,15). The first kappa shape index (κ1) is 13.6. The third-order valence-electron chi connectivity index (χ3n) is 2.16. The van der Waals surface area contributed by atoms with Crippen LogP contribution in [0.2, 0.25) is 0 Å². The van der Waals surface area contributed by atoms with Gasteiger partial charge in [0.2, 0.25) is 5.13 Å². The molecular formula is C9H12N6O2S2. The van der Waals surface area contributed by atoms with E-state index in [-0.39, 0.29) is 10.0 Å². The van der Waals surface area contributed by atoms with Crippen LogP contribution in [-0.4, -0.2) is 34.7 Å². The predicted octanol–water partition coefficient (Wildman–Crippen LogP) is 0.951. The molecule has 0 aliphatic carbocycles. The van der Waals surface area contributed by atoms with Crippen molar-refractivity contribution < 1.29 is 8.42 Å². The van der Waals surface area contributed by atoms with Crippen LogP contribution in [0, 0.1) is 0 Å². The van der Waals surface area contributed by atoms with Gasteiger partial charge in [-0.15, -0.1) is 0 Å². The van der Waals surface area contributed by atoms with Crippen molar-refractivity contribution in [3.8, 4) is 0 Å². The molecule has 0 spiro atoms. The number of sulfonamides is 1. The van der Waals surface area contributed by atoms with Gasteiger partial charge in [-0.3, -0.25) is 9.71 Å². The van der Waals surface area contributed by atoms with Crippen molar-refractivity contribution in [2.24, 2.45) is 0 Å². The van der Waals surface area contributed by atoms with E-state index in [0.29, 0.717) is 12.2 Å². The van der Waals surface area contributed by atoms with Crippen molar-refractivity contribution in [2.75, 3.05) is 16.6 Å².